The van der Waals surface area contributed by atoms with Crippen LogP contribution < -0.4 is 15.8 Å². The van der Waals surface area contributed by atoms with Crippen molar-refractivity contribution in [2.75, 3.05) is 11.9 Å². The van der Waals surface area contributed by atoms with Gasteiger partial charge in [0.15, 0.2) is 0 Å². The van der Waals surface area contributed by atoms with E-state index in [4.69, 9.17) is 0 Å². The number of nitrogens with zero attached hydrogens (tertiary/aromatic N) is 3. The molecule has 1 aromatic carbocycles. The number of hydrogen-bond donors (Lipinski definition) is 1. The number of carbonyl (C=O) groups is 1. The van der Waals surface area contributed by atoms with Crippen molar-refractivity contribution in [3.8, 4) is 0 Å². The lowest BCUT2D eigenvalue weighted by Gasteiger charge is -2.21. The number of nitrogens with one attached hydrogen (secondary N) is 1. The summed E-state index contributed by atoms with van der Waals surface area (Å²) in [4.78, 5) is 30.4. The summed E-state index contributed by atoms with van der Waals surface area (Å²) in [7, 11) is 3.60. The molecule has 27 heavy (non-hydrogen) atoms. The van der Waals surface area contributed by atoms with E-state index in [0.717, 1.165) is 17.9 Å². The van der Waals surface area contributed by atoms with E-state index in [1.165, 1.54) is 28.5 Å². The van der Waals surface area contributed by atoms with Crippen LogP contribution in [0.3, 0.4) is 0 Å². The van der Waals surface area contributed by atoms with Crippen molar-refractivity contribution < 1.29 is 4.79 Å². The zero-order chi connectivity index (χ0) is 19.2. The molecule has 6 nitrogen and oxygen atoms in total. The second kappa shape index (κ2) is 8.31. The van der Waals surface area contributed by atoms with Gasteiger partial charge >= 0.3 is 0 Å². The quantitative estimate of drug-likeness (QED) is 0.731. The highest BCUT2D eigenvalue weighted by molar-refractivity contribution is 5.93. The van der Waals surface area contributed by atoms with E-state index < -0.39 is 0 Å². The Morgan fingerprint density at radius 3 is 2.63 bits per heavy atom. The fourth-order valence-corrected chi connectivity index (χ4v) is 2.85. The second-order valence-electron chi connectivity index (χ2n) is 6.38. The number of anilines is 1. The summed E-state index contributed by atoms with van der Waals surface area (Å²) in [6.45, 7) is 1.07. The first kappa shape index (κ1) is 18.4. The predicted molar refractivity (Wildman–Crippen MR) is 106 cm³/mol. The maximum atomic E-state index is 12.4. The van der Waals surface area contributed by atoms with Crippen molar-refractivity contribution in [2.45, 2.75) is 13.1 Å². The standard InChI is InChI=1S/C21H22N4O2/c1-24-15-18(10-11-19(24)26)21(27)23-13-17-9-6-12-22-20(17)25(2)14-16-7-4-3-5-8-16/h3-12,15H,13-14H2,1-2H3,(H,23,27). The molecular weight excluding hydrogens is 340 g/mol. The van der Waals surface area contributed by atoms with Gasteiger partial charge in [0.25, 0.3) is 5.91 Å². The first-order valence-electron chi connectivity index (χ1n) is 8.68. The van der Waals surface area contributed by atoms with E-state index in [1.807, 2.05) is 37.4 Å². The van der Waals surface area contributed by atoms with Gasteiger partial charge in [0.05, 0.1) is 5.56 Å². The van der Waals surface area contributed by atoms with Gasteiger partial charge in [-0.05, 0) is 17.7 Å². The van der Waals surface area contributed by atoms with Crippen LogP contribution in [0.1, 0.15) is 21.5 Å². The van der Waals surface area contributed by atoms with E-state index in [9.17, 15) is 9.59 Å². The lowest BCUT2D eigenvalue weighted by molar-refractivity contribution is 0.0950. The van der Waals surface area contributed by atoms with Crippen molar-refractivity contribution in [3.05, 3.63) is 94.0 Å². The van der Waals surface area contributed by atoms with Gasteiger partial charge in [-0.3, -0.25) is 9.59 Å². The first-order chi connectivity index (χ1) is 13.0. The summed E-state index contributed by atoms with van der Waals surface area (Å²) in [5.74, 6) is 0.591. The molecular formula is C21H22N4O2. The molecule has 3 rings (SSSR count). The molecule has 0 saturated heterocycles. The minimum absolute atomic E-state index is 0.149. The molecule has 2 heterocycles. The van der Waals surface area contributed by atoms with Crippen molar-refractivity contribution in [1.29, 1.82) is 0 Å². The number of pyridine rings is 2. The predicted octanol–water partition coefficient (Wildman–Crippen LogP) is 2.35. The smallest absolute Gasteiger partial charge is 0.253 e. The molecule has 3 aromatic rings. The average Bonchev–Trinajstić information content (AvgIpc) is 2.69. The third-order valence-electron chi connectivity index (χ3n) is 4.28. The topological polar surface area (TPSA) is 67.2 Å². The highest BCUT2D eigenvalue weighted by Gasteiger charge is 2.12. The summed E-state index contributed by atoms with van der Waals surface area (Å²) in [6.07, 6.45) is 3.28. The number of aromatic nitrogens is 2. The Morgan fingerprint density at radius 2 is 1.89 bits per heavy atom. The van der Waals surface area contributed by atoms with Gasteiger partial charge in [-0.25, -0.2) is 4.98 Å². The van der Waals surface area contributed by atoms with Gasteiger partial charge < -0.3 is 14.8 Å². The number of carbonyl (C=O) groups excluding carboxylic acids is 1. The summed E-state index contributed by atoms with van der Waals surface area (Å²) < 4.78 is 1.39. The summed E-state index contributed by atoms with van der Waals surface area (Å²) in [5, 5.41) is 2.90. The molecule has 0 bridgehead atoms. The van der Waals surface area contributed by atoms with E-state index in [1.54, 1.807) is 13.2 Å². The lowest BCUT2D eigenvalue weighted by Crippen LogP contribution is -2.27. The van der Waals surface area contributed by atoms with Gasteiger partial charge in [-0.1, -0.05) is 36.4 Å². The Morgan fingerprint density at radius 1 is 1.11 bits per heavy atom. The largest absolute Gasteiger partial charge is 0.355 e. The number of rotatable bonds is 6. The second-order valence-corrected chi connectivity index (χ2v) is 6.38. The Hall–Kier alpha value is -3.41. The molecule has 0 unspecified atom stereocenters. The van der Waals surface area contributed by atoms with Crippen LogP contribution >= 0.6 is 0 Å². The van der Waals surface area contributed by atoms with E-state index >= 15 is 0 Å². The number of hydrogen-bond acceptors (Lipinski definition) is 4. The average molecular weight is 362 g/mol. The molecule has 0 atom stereocenters. The van der Waals surface area contributed by atoms with Crippen LogP contribution in [0.25, 0.3) is 0 Å². The number of amides is 1. The van der Waals surface area contributed by atoms with Crippen LogP contribution in [0.4, 0.5) is 5.82 Å². The highest BCUT2D eigenvalue weighted by Crippen LogP contribution is 2.18. The summed E-state index contributed by atoms with van der Waals surface area (Å²) in [5.41, 5.74) is 2.41. The number of benzene rings is 1. The van der Waals surface area contributed by atoms with Gasteiger partial charge in [0.2, 0.25) is 5.56 Å². The van der Waals surface area contributed by atoms with Gasteiger partial charge in [0, 0.05) is 51.2 Å². The van der Waals surface area contributed by atoms with Gasteiger partial charge in [-0.2, -0.15) is 0 Å². The minimum atomic E-state index is -0.230. The maximum absolute atomic E-state index is 12.4. The first-order valence-corrected chi connectivity index (χ1v) is 8.68. The molecule has 0 aliphatic rings. The molecule has 138 valence electrons. The molecule has 0 aliphatic heterocycles. The molecule has 0 radical (unpaired) electrons. The van der Waals surface area contributed by atoms with E-state index in [-0.39, 0.29) is 11.5 Å². The van der Waals surface area contributed by atoms with Crippen LogP contribution in [0.5, 0.6) is 0 Å². The van der Waals surface area contributed by atoms with E-state index in [2.05, 4.69) is 27.3 Å². The minimum Gasteiger partial charge on any atom is -0.355 e. The van der Waals surface area contributed by atoms with Gasteiger partial charge in [0.1, 0.15) is 5.82 Å². The Balaban J connectivity index is 1.71. The molecule has 6 heteroatoms. The molecule has 2 aromatic heterocycles. The van der Waals surface area contributed by atoms with Crippen molar-refractivity contribution >= 4 is 11.7 Å². The van der Waals surface area contributed by atoms with Crippen LogP contribution in [0, 0.1) is 0 Å². The lowest BCUT2D eigenvalue weighted by atomic mass is 10.2. The highest BCUT2D eigenvalue weighted by atomic mass is 16.2. The Bertz CT molecular complexity index is 983. The Labute approximate surface area is 158 Å². The van der Waals surface area contributed by atoms with E-state index in [0.29, 0.717) is 12.1 Å². The summed E-state index contributed by atoms with van der Waals surface area (Å²) >= 11 is 0. The Kier molecular flexibility index (Phi) is 5.66. The van der Waals surface area contributed by atoms with Crippen molar-refractivity contribution in [3.63, 3.8) is 0 Å². The van der Waals surface area contributed by atoms with Crippen LogP contribution in [0.15, 0.2) is 71.8 Å². The summed E-state index contributed by atoms with van der Waals surface area (Å²) in [6, 6.07) is 16.9. The zero-order valence-electron chi connectivity index (χ0n) is 15.4. The molecule has 0 aliphatic carbocycles. The third-order valence-corrected chi connectivity index (χ3v) is 4.28. The molecule has 1 N–H and O–H groups in total. The normalized spacial score (nSPS) is 10.4. The number of aryl methyl sites for hydroxylation is 1. The third kappa shape index (κ3) is 4.61. The zero-order valence-corrected chi connectivity index (χ0v) is 15.4. The SMILES string of the molecule is CN(Cc1ccccc1)c1ncccc1CNC(=O)c1ccc(=O)n(C)c1. The van der Waals surface area contributed by atoms with Gasteiger partial charge in [-0.15, -0.1) is 0 Å². The molecule has 0 fully saturated rings. The van der Waals surface area contributed by atoms with Crippen molar-refractivity contribution in [2.24, 2.45) is 7.05 Å². The molecule has 1 amide bonds. The monoisotopic (exact) mass is 362 g/mol. The fourth-order valence-electron chi connectivity index (χ4n) is 2.85. The fraction of sp³-hybridized carbons (Fsp3) is 0.190. The van der Waals surface area contributed by atoms with Crippen LogP contribution in [0.2, 0.25) is 0 Å². The van der Waals surface area contributed by atoms with Crippen LogP contribution in [-0.4, -0.2) is 22.5 Å². The maximum Gasteiger partial charge on any atom is 0.253 e. The molecule has 0 spiro atoms. The van der Waals surface area contributed by atoms with Crippen molar-refractivity contribution in [1.82, 2.24) is 14.9 Å². The van der Waals surface area contributed by atoms with Crippen LogP contribution in [-0.2, 0) is 20.1 Å². The molecule has 0 saturated carbocycles.